The number of hydrogen-bond acceptors (Lipinski definition) is 5. The van der Waals surface area contributed by atoms with E-state index in [2.05, 4.69) is 36.1 Å². The summed E-state index contributed by atoms with van der Waals surface area (Å²) in [5.74, 6) is -0.202. The zero-order valence-corrected chi connectivity index (χ0v) is 21.5. The summed E-state index contributed by atoms with van der Waals surface area (Å²) in [5, 5.41) is 5.25. The molecule has 0 spiro atoms. The Balaban J connectivity index is 1.74. The van der Waals surface area contributed by atoms with Crippen LogP contribution in [0.3, 0.4) is 0 Å². The van der Waals surface area contributed by atoms with Gasteiger partial charge in [-0.05, 0) is 51.6 Å². The molecule has 0 bridgehead atoms. The third-order valence-electron chi connectivity index (χ3n) is 6.60. The molecule has 1 aliphatic heterocycles. The number of rotatable bonds is 8. The van der Waals surface area contributed by atoms with Crippen molar-refractivity contribution in [2.45, 2.75) is 46.2 Å². The molecule has 35 heavy (non-hydrogen) atoms. The van der Waals surface area contributed by atoms with E-state index in [1.54, 1.807) is 23.0 Å². The van der Waals surface area contributed by atoms with Crippen LogP contribution in [0.15, 0.2) is 36.5 Å². The molecular weight excluding hydrogens is 440 g/mol. The van der Waals surface area contributed by atoms with Crippen molar-refractivity contribution in [3.63, 3.8) is 0 Å². The Bertz CT molecular complexity index is 1220. The van der Waals surface area contributed by atoms with E-state index in [0.717, 1.165) is 24.3 Å². The molecule has 1 saturated heterocycles. The minimum absolute atomic E-state index is 0.0482. The zero-order valence-electron chi connectivity index (χ0n) is 21.5. The van der Waals surface area contributed by atoms with Crippen molar-refractivity contribution in [1.82, 2.24) is 29.5 Å². The quantitative estimate of drug-likeness (QED) is 0.494. The summed E-state index contributed by atoms with van der Waals surface area (Å²) in [4.78, 5) is 36.5. The predicted octanol–water partition coefficient (Wildman–Crippen LogP) is 3.83. The third-order valence-corrected chi connectivity index (χ3v) is 6.60. The van der Waals surface area contributed by atoms with Gasteiger partial charge in [0.05, 0.1) is 22.8 Å². The molecule has 0 N–H and O–H groups in total. The molecule has 3 heterocycles. The van der Waals surface area contributed by atoms with Crippen LogP contribution in [0.25, 0.3) is 22.3 Å². The Morgan fingerprint density at radius 3 is 2.71 bits per heavy atom. The van der Waals surface area contributed by atoms with Crippen molar-refractivity contribution in [2.75, 3.05) is 40.3 Å². The normalized spacial score (nSPS) is 14.5. The minimum atomic E-state index is -0.154. The number of carbonyl (C=O) groups excluding carboxylic acids is 2. The third kappa shape index (κ3) is 5.37. The molecule has 3 aromatic rings. The zero-order chi connectivity index (χ0) is 25.1. The average Bonchev–Trinajstić information content (AvgIpc) is 3.28. The number of aromatic nitrogens is 3. The van der Waals surface area contributed by atoms with E-state index in [9.17, 15) is 9.59 Å². The number of piperazine rings is 1. The van der Waals surface area contributed by atoms with Gasteiger partial charge in [-0.3, -0.25) is 9.59 Å². The first-order valence-electron chi connectivity index (χ1n) is 12.5. The summed E-state index contributed by atoms with van der Waals surface area (Å²) in [6.07, 6.45) is 4.07. The van der Waals surface area contributed by atoms with Crippen molar-refractivity contribution in [2.24, 2.45) is 0 Å². The number of amides is 2. The van der Waals surface area contributed by atoms with Crippen LogP contribution in [0.2, 0.25) is 0 Å². The van der Waals surface area contributed by atoms with Crippen molar-refractivity contribution in [1.29, 1.82) is 0 Å². The summed E-state index contributed by atoms with van der Waals surface area (Å²) in [5.41, 5.74) is 4.14. The van der Waals surface area contributed by atoms with Gasteiger partial charge in [0.1, 0.15) is 6.54 Å². The largest absolute Gasteiger partial charge is 0.342 e. The molecule has 2 amide bonds. The lowest BCUT2D eigenvalue weighted by Gasteiger charge is -2.32. The number of hydrogen-bond donors (Lipinski definition) is 0. The van der Waals surface area contributed by atoms with E-state index in [1.165, 1.54) is 18.4 Å². The molecule has 0 unspecified atom stereocenters. The molecule has 4 rings (SSSR count). The van der Waals surface area contributed by atoms with Gasteiger partial charge in [-0.2, -0.15) is 5.10 Å². The van der Waals surface area contributed by atoms with E-state index >= 15 is 0 Å². The van der Waals surface area contributed by atoms with E-state index in [1.807, 2.05) is 36.7 Å². The molecule has 0 radical (unpaired) electrons. The number of benzene rings is 1. The maximum absolute atomic E-state index is 13.6. The van der Waals surface area contributed by atoms with Crippen LogP contribution in [-0.2, 0) is 11.3 Å². The van der Waals surface area contributed by atoms with Gasteiger partial charge in [-0.15, -0.1) is 0 Å². The number of carbonyl (C=O) groups is 2. The van der Waals surface area contributed by atoms with Gasteiger partial charge < -0.3 is 14.7 Å². The van der Waals surface area contributed by atoms with Crippen molar-refractivity contribution in [3.8, 4) is 11.3 Å². The Hall–Kier alpha value is -3.26. The Kier molecular flexibility index (Phi) is 7.50. The molecule has 0 saturated carbocycles. The molecule has 1 aliphatic rings. The number of fused-ring (bicyclic) bond motifs is 1. The molecule has 1 fully saturated rings. The molecule has 186 valence electrons. The molecular formula is C27H36N6O2. The smallest absolute Gasteiger partial charge is 0.255 e. The fraction of sp³-hybridized carbons (Fsp3) is 0.481. The molecule has 0 aliphatic carbocycles. The number of pyridine rings is 1. The van der Waals surface area contributed by atoms with E-state index in [-0.39, 0.29) is 24.4 Å². The standard InChI is InChI=1S/C27H36N6O2/c1-6-7-11-30(4)17-20-9-8-10-21(14-20)24-15-22(23-16-28-33(19(2)3)26(23)29-24)27(35)32-13-12-31(5)25(34)18-32/h8-10,14-16,19H,6-7,11-13,17-18H2,1-5H3. The van der Waals surface area contributed by atoms with Gasteiger partial charge >= 0.3 is 0 Å². The first-order valence-corrected chi connectivity index (χ1v) is 12.5. The van der Waals surface area contributed by atoms with Crippen LogP contribution in [0, 0.1) is 0 Å². The molecule has 8 nitrogen and oxygen atoms in total. The van der Waals surface area contributed by atoms with Crippen molar-refractivity contribution in [3.05, 3.63) is 47.7 Å². The molecule has 0 atom stereocenters. The highest BCUT2D eigenvalue weighted by Crippen LogP contribution is 2.28. The Morgan fingerprint density at radius 1 is 1.20 bits per heavy atom. The lowest BCUT2D eigenvalue weighted by molar-refractivity contribution is -0.133. The highest BCUT2D eigenvalue weighted by Gasteiger charge is 2.28. The predicted molar refractivity (Wildman–Crippen MR) is 138 cm³/mol. The van der Waals surface area contributed by atoms with Crippen molar-refractivity contribution < 1.29 is 9.59 Å². The fourth-order valence-corrected chi connectivity index (χ4v) is 4.47. The molecule has 2 aromatic heterocycles. The fourth-order valence-electron chi connectivity index (χ4n) is 4.47. The molecule has 1 aromatic carbocycles. The van der Waals surface area contributed by atoms with Crippen LogP contribution in [-0.4, -0.2) is 81.6 Å². The number of unbranched alkanes of at least 4 members (excludes halogenated alkanes) is 1. The summed E-state index contributed by atoms with van der Waals surface area (Å²) < 4.78 is 1.85. The van der Waals surface area contributed by atoms with Gasteiger partial charge in [0.15, 0.2) is 5.65 Å². The highest BCUT2D eigenvalue weighted by molar-refractivity contribution is 6.07. The summed E-state index contributed by atoms with van der Waals surface area (Å²) in [7, 11) is 3.91. The van der Waals surface area contributed by atoms with E-state index in [4.69, 9.17) is 4.98 Å². The maximum Gasteiger partial charge on any atom is 0.255 e. The van der Waals surface area contributed by atoms with Gasteiger partial charge in [0.25, 0.3) is 5.91 Å². The lowest BCUT2D eigenvalue weighted by Crippen LogP contribution is -2.50. The summed E-state index contributed by atoms with van der Waals surface area (Å²) in [6.45, 7) is 9.35. The van der Waals surface area contributed by atoms with E-state index in [0.29, 0.717) is 29.7 Å². The number of likely N-dealkylation sites (N-methyl/N-ethyl adjacent to an activating group) is 1. The second-order valence-corrected chi connectivity index (χ2v) is 9.81. The van der Waals surface area contributed by atoms with Crippen LogP contribution in [0.5, 0.6) is 0 Å². The van der Waals surface area contributed by atoms with Gasteiger partial charge in [0, 0.05) is 38.3 Å². The second-order valence-electron chi connectivity index (χ2n) is 9.81. The van der Waals surface area contributed by atoms with Crippen LogP contribution >= 0.6 is 0 Å². The lowest BCUT2D eigenvalue weighted by atomic mass is 10.0. The molecule has 8 heteroatoms. The number of nitrogens with zero attached hydrogens (tertiary/aromatic N) is 6. The Morgan fingerprint density at radius 2 is 2.00 bits per heavy atom. The van der Waals surface area contributed by atoms with Crippen LogP contribution in [0.4, 0.5) is 0 Å². The topological polar surface area (TPSA) is 74.6 Å². The SMILES string of the molecule is CCCCN(C)Cc1cccc(-c2cc(C(=O)N3CCN(C)C(=O)C3)c3cnn(C(C)C)c3n2)c1. The first kappa shape index (κ1) is 24.9. The monoisotopic (exact) mass is 476 g/mol. The summed E-state index contributed by atoms with van der Waals surface area (Å²) in [6, 6.07) is 10.3. The van der Waals surface area contributed by atoms with Crippen LogP contribution < -0.4 is 0 Å². The van der Waals surface area contributed by atoms with Crippen LogP contribution in [0.1, 0.15) is 55.6 Å². The van der Waals surface area contributed by atoms with Gasteiger partial charge in [-0.25, -0.2) is 9.67 Å². The second kappa shape index (κ2) is 10.6. The highest BCUT2D eigenvalue weighted by atomic mass is 16.2. The van der Waals surface area contributed by atoms with E-state index < -0.39 is 0 Å². The summed E-state index contributed by atoms with van der Waals surface area (Å²) >= 11 is 0. The average molecular weight is 477 g/mol. The Labute approximate surface area is 207 Å². The van der Waals surface area contributed by atoms with Gasteiger partial charge in [-0.1, -0.05) is 31.5 Å². The van der Waals surface area contributed by atoms with Gasteiger partial charge in [0.2, 0.25) is 5.91 Å². The van der Waals surface area contributed by atoms with Crippen molar-refractivity contribution >= 4 is 22.8 Å². The maximum atomic E-state index is 13.6. The first-order chi connectivity index (χ1) is 16.8. The minimum Gasteiger partial charge on any atom is -0.342 e.